The third kappa shape index (κ3) is 2.90. The molecule has 5 heteroatoms. The molecule has 2 aromatic rings. The molecule has 106 valence electrons. The van der Waals surface area contributed by atoms with Crippen molar-refractivity contribution in [3.63, 3.8) is 0 Å². The van der Waals surface area contributed by atoms with Crippen LogP contribution in [0, 0.1) is 0 Å². The Morgan fingerprint density at radius 1 is 0.800 bits per heavy atom. The molecule has 3 atom stereocenters. The molecule has 0 fully saturated rings. The van der Waals surface area contributed by atoms with Gasteiger partial charge in [-0.15, -0.1) is 0 Å². The van der Waals surface area contributed by atoms with Crippen LogP contribution in [-0.4, -0.2) is 22.2 Å². The summed E-state index contributed by atoms with van der Waals surface area (Å²) in [7, 11) is -2.17. The van der Waals surface area contributed by atoms with E-state index in [2.05, 4.69) is 0 Å². The van der Waals surface area contributed by atoms with Gasteiger partial charge in [-0.1, -0.05) is 60.7 Å². The molecule has 0 amide bonds. The second-order valence-corrected chi connectivity index (χ2v) is 7.11. The maximum atomic E-state index is 10.7. The maximum absolute atomic E-state index is 10.7. The third-order valence-corrected chi connectivity index (χ3v) is 5.77. The summed E-state index contributed by atoms with van der Waals surface area (Å²) in [6, 6.07) is 17.4. The Kier molecular flexibility index (Phi) is 4.86. The summed E-state index contributed by atoms with van der Waals surface area (Å²) in [5.41, 5.74) is 1.03. The van der Waals surface area contributed by atoms with Crippen LogP contribution in [0.1, 0.15) is 22.8 Å². The van der Waals surface area contributed by atoms with Crippen LogP contribution in [0.5, 0.6) is 0 Å². The van der Waals surface area contributed by atoms with E-state index in [-0.39, 0.29) is 0 Å². The molecular formula is C15H18O4P+. The molecule has 0 radical (unpaired) electrons. The Balaban J connectivity index is 2.33. The molecule has 3 N–H and O–H groups in total. The lowest BCUT2D eigenvalue weighted by atomic mass is 10.2. The lowest BCUT2D eigenvalue weighted by Crippen LogP contribution is -2.14. The molecule has 0 spiro atoms. The van der Waals surface area contributed by atoms with Crippen molar-refractivity contribution in [3.8, 4) is 0 Å². The van der Waals surface area contributed by atoms with Gasteiger partial charge in [-0.3, -0.25) is 0 Å². The smallest absolute Gasteiger partial charge is 0.339 e. The van der Waals surface area contributed by atoms with Crippen molar-refractivity contribution in [3.05, 3.63) is 71.8 Å². The van der Waals surface area contributed by atoms with Crippen LogP contribution in [0.25, 0.3) is 0 Å². The molecule has 0 aromatic heterocycles. The quantitative estimate of drug-likeness (QED) is 0.741. The minimum absolute atomic E-state index is 0.514. The van der Waals surface area contributed by atoms with Gasteiger partial charge >= 0.3 is 7.72 Å². The Hall–Kier alpha value is -1.29. The molecule has 2 aromatic carbocycles. The summed E-state index contributed by atoms with van der Waals surface area (Å²) in [6.45, 7) is 0. The molecule has 0 heterocycles. The second-order valence-electron chi connectivity index (χ2n) is 4.42. The van der Waals surface area contributed by atoms with E-state index in [1.54, 1.807) is 48.5 Å². The van der Waals surface area contributed by atoms with Gasteiger partial charge in [0.25, 0.3) is 0 Å². The van der Waals surface area contributed by atoms with Gasteiger partial charge in [0.05, 0.1) is 7.11 Å². The summed E-state index contributed by atoms with van der Waals surface area (Å²) >= 11 is 0. The second kappa shape index (κ2) is 6.44. The molecule has 4 nitrogen and oxygen atoms in total. The van der Waals surface area contributed by atoms with Gasteiger partial charge in [-0.25, -0.2) is 9.42 Å². The first-order valence-electron chi connectivity index (χ1n) is 6.22. The van der Waals surface area contributed by atoms with E-state index in [4.69, 9.17) is 4.52 Å². The Morgan fingerprint density at radius 2 is 1.15 bits per heavy atom. The molecule has 1 unspecified atom stereocenters. The molecule has 0 saturated heterocycles. The van der Waals surface area contributed by atoms with Crippen molar-refractivity contribution in [2.45, 2.75) is 11.7 Å². The SMILES string of the molecule is CO[P+](O)([C@H](O)c1ccccc1)[C@@H](O)c1ccccc1. The Morgan fingerprint density at radius 3 is 1.45 bits per heavy atom. The van der Waals surface area contributed by atoms with Crippen molar-refractivity contribution in [2.75, 3.05) is 7.11 Å². The normalized spacial score (nSPS) is 17.2. The van der Waals surface area contributed by atoms with E-state index in [0.717, 1.165) is 0 Å². The zero-order valence-electron chi connectivity index (χ0n) is 11.1. The van der Waals surface area contributed by atoms with Crippen LogP contribution < -0.4 is 0 Å². The van der Waals surface area contributed by atoms with Crippen LogP contribution in [0.2, 0.25) is 0 Å². The van der Waals surface area contributed by atoms with Crippen molar-refractivity contribution in [1.29, 1.82) is 0 Å². The van der Waals surface area contributed by atoms with Gasteiger partial charge in [0.2, 0.25) is 11.7 Å². The van der Waals surface area contributed by atoms with Gasteiger partial charge in [0, 0.05) is 11.1 Å². The van der Waals surface area contributed by atoms with E-state index < -0.39 is 19.4 Å². The average molecular weight is 293 g/mol. The van der Waals surface area contributed by atoms with Crippen LogP contribution in [0.15, 0.2) is 60.7 Å². The highest BCUT2D eigenvalue weighted by atomic mass is 31.2. The molecular weight excluding hydrogens is 275 g/mol. The molecule has 0 aliphatic carbocycles. The summed E-state index contributed by atoms with van der Waals surface area (Å²) in [5.74, 6) is -2.52. The number of rotatable bonds is 5. The van der Waals surface area contributed by atoms with Gasteiger partial charge < -0.3 is 10.2 Å². The molecule has 2 rings (SSSR count). The predicted molar refractivity (Wildman–Crippen MR) is 79.0 cm³/mol. The minimum atomic E-state index is -3.47. The van der Waals surface area contributed by atoms with E-state index in [0.29, 0.717) is 11.1 Å². The Bertz CT molecular complexity index is 487. The summed E-state index contributed by atoms with van der Waals surface area (Å²) in [6.07, 6.45) is 0. The molecule has 0 bridgehead atoms. The average Bonchev–Trinajstić information content (AvgIpc) is 2.54. The maximum Gasteiger partial charge on any atom is 0.339 e. The third-order valence-electron chi connectivity index (χ3n) is 3.19. The highest BCUT2D eigenvalue weighted by Gasteiger charge is 2.54. The fourth-order valence-corrected chi connectivity index (χ4v) is 3.88. The summed E-state index contributed by atoms with van der Waals surface area (Å²) in [5, 5.41) is 20.8. The summed E-state index contributed by atoms with van der Waals surface area (Å²) in [4.78, 5) is 10.7. The van der Waals surface area contributed by atoms with Gasteiger partial charge in [-0.05, 0) is 0 Å². The van der Waals surface area contributed by atoms with Gasteiger partial charge in [0.1, 0.15) is 0 Å². The molecule has 0 saturated carbocycles. The zero-order valence-corrected chi connectivity index (χ0v) is 12.0. The zero-order chi connectivity index (χ0) is 14.6. The number of hydrogen-bond donors (Lipinski definition) is 3. The topological polar surface area (TPSA) is 69.9 Å². The van der Waals surface area contributed by atoms with E-state index >= 15 is 0 Å². The number of aliphatic hydroxyl groups excluding tert-OH is 2. The van der Waals surface area contributed by atoms with Crippen LogP contribution in [0.4, 0.5) is 0 Å². The largest absolute Gasteiger partial charge is 0.351 e. The van der Waals surface area contributed by atoms with Gasteiger partial charge in [-0.2, -0.15) is 0 Å². The van der Waals surface area contributed by atoms with E-state index in [9.17, 15) is 15.1 Å². The number of hydrogen-bond acceptors (Lipinski definition) is 4. The highest BCUT2D eigenvalue weighted by Crippen LogP contribution is 2.73. The first-order chi connectivity index (χ1) is 9.59. The van der Waals surface area contributed by atoms with Crippen molar-refractivity contribution >= 4 is 7.72 Å². The fourth-order valence-electron chi connectivity index (χ4n) is 2.01. The minimum Gasteiger partial charge on any atom is -0.351 e. The van der Waals surface area contributed by atoms with Crippen molar-refractivity contribution in [2.24, 2.45) is 0 Å². The molecule has 20 heavy (non-hydrogen) atoms. The van der Waals surface area contributed by atoms with E-state index in [1.807, 2.05) is 12.1 Å². The molecule has 0 aliphatic rings. The van der Waals surface area contributed by atoms with Gasteiger partial charge in [0.15, 0.2) is 0 Å². The van der Waals surface area contributed by atoms with Crippen molar-refractivity contribution in [1.82, 2.24) is 0 Å². The number of benzene rings is 2. The lowest BCUT2D eigenvalue weighted by Gasteiger charge is -2.26. The Labute approximate surface area is 118 Å². The molecule has 0 aliphatic heterocycles. The van der Waals surface area contributed by atoms with Crippen molar-refractivity contribution < 1.29 is 19.6 Å². The monoisotopic (exact) mass is 293 g/mol. The standard InChI is InChI=1S/C15H18O4P/c1-19-20(18,14(16)12-8-4-2-5-9-12)15(17)13-10-6-3-7-11-13/h2-11,14-18H,1H3/q+1/t14-,15+,20?. The fraction of sp³-hybridized carbons (Fsp3) is 0.200. The van der Waals surface area contributed by atoms with Crippen LogP contribution in [-0.2, 0) is 4.52 Å². The van der Waals surface area contributed by atoms with Crippen LogP contribution in [0.3, 0.4) is 0 Å². The van der Waals surface area contributed by atoms with Crippen LogP contribution >= 0.6 is 7.72 Å². The number of aliphatic hydroxyl groups is 2. The first-order valence-corrected chi connectivity index (χ1v) is 8.02. The first kappa shape index (κ1) is 15.1. The predicted octanol–water partition coefficient (Wildman–Crippen LogP) is 2.85. The summed E-state index contributed by atoms with van der Waals surface area (Å²) < 4.78 is 5.14. The lowest BCUT2D eigenvalue weighted by molar-refractivity contribution is 0.157. The van der Waals surface area contributed by atoms with E-state index in [1.165, 1.54) is 7.11 Å². The highest BCUT2D eigenvalue weighted by molar-refractivity contribution is 7.65.